The Hall–Kier alpha value is -4.04. The highest BCUT2D eigenvalue weighted by Gasteiger charge is 2.36. The van der Waals surface area contributed by atoms with Gasteiger partial charge in [0.25, 0.3) is 0 Å². The van der Waals surface area contributed by atoms with E-state index >= 15 is 0 Å². The number of ether oxygens (including phenoxy) is 1. The van der Waals surface area contributed by atoms with Crippen LogP contribution in [-0.2, 0) is 22.7 Å². The van der Waals surface area contributed by atoms with Crippen LogP contribution in [0.5, 0.6) is 5.88 Å². The van der Waals surface area contributed by atoms with Crippen molar-refractivity contribution >= 4 is 33.6 Å². The third-order valence-electron chi connectivity index (χ3n) is 8.77. The minimum Gasteiger partial charge on any atom is -0.472 e. The number of rotatable bonds is 10. The molecule has 5 rings (SSSR count). The van der Waals surface area contributed by atoms with Crippen molar-refractivity contribution in [2.24, 2.45) is 5.73 Å². The van der Waals surface area contributed by atoms with E-state index in [1.165, 1.54) is 0 Å². The third-order valence-corrected chi connectivity index (χ3v) is 10.7. The number of nitrogens with one attached hydrogen (secondary N) is 1. The summed E-state index contributed by atoms with van der Waals surface area (Å²) in [5, 5.41) is 11.5. The Bertz CT molecular complexity index is 1770. The zero-order valence-corrected chi connectivity index (χ0v) is 28.0. The number of aryl methyl sites for hydroxylation is 3. The summed E-state index contributed by atoms with van der Waals surface area (Å²) in [6.45, 7) is 12.3. The lowest BCUT2D eigenvalue weighted by Gasteiger charge is -2.41. The molecule has 4 aromatic rings. The molecule has 3 heterocycles. The second-order valence-electron chi connectivity index (χ2n) is 12.3. The van der Waals surface area contributed by atoms with Gasteiger partial charge in [-0.2, -0.15) is 4.31 Å². The van der Waals surface area contributed by atoms with E-state index in [-0.39, 0.29) is 42.3 Å². The summed E-state index contributed by atoms with van der Waals surface area (Å²) in [6, 6.07) is 13.3. The number of nitrogens with two attached hydrogens (primary N) is 1. The fourth-order valence-electron chi connectivity index (χ4n) is 5.82. The van der Waals surface area contributed by atoms with E-state index in [9.17, 15) is 18.7 Å². The molecular weight excluding hydrogens is 606 g/mol. The molecule has 1 aliphatic heterocycles. The zero-order valence-electron chi connectivity index (χ0n) is 27.1. The largest absolute Gasteiger partial charge is 0.472 e. The molecule has 5 N–H and O–H groups in total. The topological polar surface area (TPSA) is 169 Å². The summed E-state index contributed by atoms with van der Waals surface area (Å²) in [5.41, 5.74) is 10.5. The van der Waals surface area contributed by atoms with Gasteiger partial charge < -0.3 is 15.8 Å². The van der Waals surface area contributed by atoms with Crippen LogP contribution < -0.4 is 15.8 Å². The summed E-state index contributed by atoms with van der Waals surface area (Å²) >= 11 is 0. The first kappa shape index (κ1) is 33.3. The second kappa shape index (κ2) is 13.0. The van der Waals surface area contributed by atoms with E-state index in [4.69, 9.17) is 10.5 Å². The lowest BCUT2D eigenvalue weighted by Crippen LogP contribution is -2.53. The highest BCUT2D eigenvalue weighted by atomic mass is 32.3. The van der Waals surface area contributed by atoms with Gasteiger partial charge in [0.15, 0.2) is 0 Å². The molecule has 0 saturated heterocycles. The number of pyridine rings is 1. The number of primary amides is 1. The number of amides is 2. The fourth-order valence-corrected chi connectivity index (χ4v) is 7.39. The average Bonchev–Trinajstić information content (AvgIpc) is 3.40. The Morgan fingerprint density at radius 1 is 1.17 bits per heavy atom. The molecule has 13 heteroatoms. The molecule has 0 unspecified atom stereocenters. The summed E-state index contributed by atoms with van der Waals surface area (Å²) in [4.78, 5) is 30.0. The van der Waals surface area contributed by atoms with Crippen molar-refractivity contribution in [1.82, 2.24) is 29.6 Å². The Labute approximate surface area is 270 Å². The van der Waals surface area contributed by atoms with Gasteiger partial charge in [-0.25, -0.2) is 9.67 Å². The number of nitrogens with zero attached hydrogens (tertiary/aromatic N) is 5. The molecule has 46 heavy (non-hydrogen) atoms. The molecule has 246 valence electrons. The maximum absolute atomic E-state index is 13.5. The summed E-state index contributed by atoms with van der Waals surface area (Å²) in [5.74, 6) is -1.15. The molecule has 0 radical (unpaired) electrons. The van der Waals surface area contributed by atoms with E-state index < -0.39 is 28.1 Å². The van der Waals surface area contributed by atoms with Gasteiger partial charge in [0.2, 0.25) is 17.7 Å². The van der Waals surface area contributed by atoms with Gasteiger partial charge in [-0.3, -0.25) is 18.7 Å². The summed E-state index contributed by atoms with van der Waals surface area (Å²) in [7, 11) is -3.42. The first-order chi connectivity index (χ1) is 21.8. The van der Waals surface area contributed by atoms with Crippen LogP contribution in [-0.4, -0.2) is 63.4 Å². The second-order valence-corrected chi connectivity index (χ2v) is 14.3. The number of carbonyl (C=O) groups is 2. The van der Waals surface area contributed by atoms with Crippen LogP contribution in [0.15, 0.2) is 53.6 Å². The number of hydrogen-bond donors (Lipinski definition) is 4. The highest BCUT2D eigenvalue weighted by molar-refractivity contribution is 8.22. The average molecular weight is 650 g/mol. The fraction of sp³-hybridized carbons (Fsp3) is 0.424. The van der Waals surface area contributed by atoms with Crippen LogP contribution in [0.4, 0.5) is 0 Å². The van der Waals surface area contributed by atoms with Crippen LogP contribution >= 0.6 is 10.8 Å². The van der Waals surface area contributed by atoms with Crippen LogP contribution in [0.3, 0.4) is 0 Å². The van der Waals surface area contributed by atoms with Crippen LogP contribution in [0, 0.1) is 13.8 Å². The van der Waals surface area contributed by atoms with Crippen molar-refractivity contribution in [1.29, 1.82) is 0 Å². The predicted octanol–water partition coefficient (Wildman–Crippen LogP) is 5.06. The minimum absolute atomic E-state index is 0.0389. The smallest absolute Gasteiger partial charge is 0.242 e. The SMILES string of the molecule is CC[C@@H]1CN(Cc2cc([C@H](CC(=O)NC(C)(C)C(N)=O)c3ccc4c(nnn4CC)c3C)ccc2C)S(O)(O)c2cccnc2O1. The Morgan fingerprint density at radius 3 is 2.63 bits per heavy atom. The van der Waals surface area contributed by atoms with Gasteiger partial charge in [0.1, 0.15) is 22.1 Å². The minimum atomic E-state index is -3.42. The molecule has 2 atom stereocenters. The number of hydrogen-bond acceptors (Lipinski definition) is 9. The molecule has 0 fully saturated rings. The lowest BCUT2D eigenvalue weighted by atomic mass is 9.84. The maximum atomic E-state index is 13.5. The molecule has 0 saturated carbocycles. The standard InChI is InChI=1S/C33H43N7O5S/c1-7-24-19-39(46(43,44)28-10-9-15-35-31(28)45-24)18-23-16-22(12-11-20(23)3)26(17-29(41)36-33(5,6)32(34)42)25-13-14-27-30(21(25)4)37-38-40(27)8-2/h9-16,24,26,43-44H,7-8,17-19H2,1-6H3,(H2,34,42)(H,36,41)/t24-,26+/m1/s1. The molecule has 12 nitrogen and oxygen atoms in total. The Balaban J connectivity index is 1.56. The van der Waals surface area contributed by atoms with Gasteiger partial charge >= 0.3 is 0 Å². The van der Waals surface area contributed by atoms with Gasteiger partial charge in [0.05, 0.1) is 12.1 Å². The Morgan fingerprint density at radius 2 is 1.93 bits per heavy atom. The molecule has 0 aliphatic carbocycles. The monoisotopic (exact) mass is 649 g/mol. The molecular formula is C33H43N7O5S. The lowest BCUT2D eigenvalue weighted by molar-refractivity contribution is -0.130. The van der Waals surface area contributed by atoms with Crippen molar-refractivity contribution in [3.63, 3.8) is 0 Å². The van der Waals surface area contributed by atoms with Crippen LogP contribution in [0.25, 0.3) is 11.0 Å². The quantitative estimate of drug-likeness (QED) is 0.183. The first-order valence-electron chi connectivity index (χ1n) is 15.4. The van der Waals surface area contributed by atoms with Gasteiger partial charge in [-0.1, -0.05) is 36.4 Å². The third kappa shape index (κ3) is 6.45. The van der Waals surface area contributed by atoms with Crippen molar-refractivity contribution in [2.45, 2.75) is 89.9 Å². The van der Waals surface area contributed by atoms with E-state index in [1.54, 1.807) is 36.5 Å². The zero-order chi connectivity index (χ0) is 33.4. The van der Waals surface area contributed by atoms with Gasteiger partial charge in [-0.15, -0.1) is 15.9 Å². The van der Waals surface area contributed by atoms with E-state index in [0.717, 1.165) is 38.9 Å². The number of benzene rings is 2. The molecule has 1 aliphatic rings. The van der Waals surface area contributed by atoms with E-state index in [2.05, 4.69) is 20.6 Å². The van der Waals surface area contributed by atoms with E-state index in [0.29, 0.717) is 13.0 Å². The van der Waals surface area contributed by atoms with Crippen molar-refractivity contribution in [3.05, 3.63) is 76.5 Å². The maximum Gasteiger partial charge on any atom is 0.242 e. The number of aromatic nitrogens is 4. The predicted molar refractivity (Wildman–Crippen MR) is 177 cm³/mol. The number of carbonyl (C=O) groups excluding carboxylic acids is 2. The van der Waals surface area contributed by atoms with Crippen molar-refractivity contribution in [3.8, 4) is 5.88 Å². The normalized spacial score (nSPS) is 17.9. The van der Waals surface area contributed by atoms with Crippen molar-refractivity contribution < 1.29 is 23.4 Å². The highest BCUT2D eigenvalue weighted by Crippen LogP contribution is 2.57. The van der Waals surface area contributed by atoms with Crippen molar-refractivity contribution in [2.75, 3.05) is 6.54 Å². The molecule has 0 spiro atoms. The summed E-state index contributed by atoms with van der Waals surface area (Å²) < 4.78 is 32.7. The summed E-state index contributed by atoms with van der Waals surface area (Å²) in [6.07, 6.45) is 1.98. The Kier molecular flexibility index (Phi) is 9.41. The van der Waals surface area contributed by atoms with Crippen LogP contribution in [0.2, 0.25) is 0 Å². The van der Waals surface area contributed by atoms with Gasteiger partial charge in [0, 0.05) is 31.6 Å². The van der Waals surface area contributed by atoms with Gasteiger partial charge in [-0.05, 0) is 87.1 Å². The molecule has 2 amide bonds. The van der Waals surface area contributed by atoms with E-state index in [1.807, 2.05) is 62.7 Å². The van der Waals surface area contributed by atoms with Crippen LogP contribution in [0.1, 0.15) is 74.3 Å². The molecule has 2 aromatic heterocycles. The first-order valence-corrected chi connectivity index (χ1v) is 16.9. The molecule has 2 aromatic carbocycles. The number of fused-ring (bicyclic) bond motifs is 2. The molecule has 0 bridgehead atoms.